The summed E-state index contributed by atoms with van der Waals surface area (Å²) in [5.74, 6) is -0.531. The molecule has 2 aromatic carbocycles. The molecular weight excluding hydrogens is 456 g/mol. The number of hydrazone groups is 1. The summed E-state index contributed by atoms with van der Waals surface area (Å²) >= 11 is 3.50. The van der Waals surface area contributed by atoms with Crippen LogP contribution in [0.15, 0.2) is 46.0 Å². The quantitative estimate of drug-likeness (QED) is 0.487. The number of halogens is 1. The lowest BCUT2D eigenvalue weighted by Crippen LogP contribution is -2.39. The van der Waals surface area contributed by atoms with Crippen molar-refractivity contribution in [2.45, 2.75) is 13.8 Å². The average molecular weight is 481 g/mol. The van der Waals surface area contributed by atoms with E-state index in [1.807, 2.05) is 56.3 Å². The van der Waals surface area contributed by atoms with E-state index in [2.05, 4.69) is 26.5 Å². The largest absolute Gasteiger partial charge is 0.377 e. The number of hydrogen-bond acceptors (Lipinski definition) is 5. The normalized spacial score (nSPS) is 11.5. The number of hydrogen-bond donors (Lipinski definition) is 1. The molecule has 0 saturated heterocycles. The van der Waals surface area contributed by atoms with Gasteiger partial charge in [0, 0.05) is 18.6 Å². The lowest BCUT2D eigenvalue weighted by molar-refractivity contribution is -0.119. The molecule has 2 aromatic rings. The van der Waals surface area contributed by atoms with Crippen molar-refractivity contribution in [1.82, 2.24) is 5.43 Å². The molecule has 0 atom stereocenters. The summed E-state index contributed by atoms with van der Waals surface area (Å²) < 4.78 is 26.5. The third-order valence-electron chi connectivity index (χ3n) is 4.18. The van der Waals surface area contributed by atoms with Crippen molar-refractivity contribution >= 4 is 49.4 Å². The van der Waals surface area contributed by atoms with Gasteiger partial charge in [-0.05, 0) is 64.7 Å². The van der Waals surface area contributed by atoms with Gasteiger partial charge in [0.25, 0.3) is 5.91 Å². The molecule has 0 saturated carbocycles. The van der Waals surface area contributed by atoms with Gasteiger partial charge < -0.3 is 4.90 Å². The van der Waals surface area contributed by atoms with Crippen LogP contribution in [0.3, 0.4) is 0 Å². The first-order chi connectivity index (χ1) is 13.5. The molecule has 0 radical (unpaired) electrons. The van der Waals surface area contributed by atoms with E-state index in [1.165, 1.54) is 6.21 Å². The molecule has 9 heteroatoms. The first-order valence-corrected chi connectivity index (χ1v) is 11.5. The van der Waals surface area contributed by atoms with Crippen LogP contribution < -0.4 is 14.6 Å². The Hall–Kier alpha value is -2.39. The minimum absolute atomic E-state index is 0.357. The van der Waals surface area contributed by atoms with Crippen LogP contribution >= 0.6 is 15.9 Å². The van der Waals surface area contributed by atoms with E-state index < -0.39 is 15.9 Å². The molecule has 0 aliphatic carbocycles. The van der Waals surface area contributed by atoms with Gasteiger partial charge in [-0.15, -0.1) is 0 Å². The maximum atomic E-state index is 12.3. The van der Waals surface area contributed by atoms with Crippen LogP contribution in [0.1, 0.15) is 16.7 Å². The smallest absolute Gasteiger partial charge is 0.260 e. The monoisotopic (exact) mass is 480 g/mol. The van der Waals surface area contributed by atoms with Crippen molar-refractivity contribution in [3.63, 3.8) is 0 Å². The van der Waals surface area contributed by atoms with Gasteiger partial charge in [0.2, 0.25) is 10.0 Å². The number of amides is 1. The number of anilines is 2. The van der Waals surface area contributed by atoms with Gasteiger partial charge in [-0.2, -0.15) is 5.10 Å². The molecule has 0 aliphatic heterocycles. The molecule has 29 heavy (non-hydrogen) atoms. The Labute approximate surface area is 180 Å². The van der Waals surface area contributed by atoms with Crippen molar-refractivity contribution in [1.29, 1.82) is 0 Å². The van der Waals surface area contributed by atoms with Crippen molar-refractivity contribution < 1.29 is 13.2 Å². The molecule has 0 unspecified atom stereocenters. The fourth-order valence-corrected chi connectivity index (χ4v) is 4.34. The zero-order valence-electron chi connectivity index (χ0n) is 17.1. The zero-order valence-corrected chi connectivity index (χ0v) is 19.5. The first kappa shape index (κ1) is 22.9. The SMILES string of the molecule is Cc1ccc(C)c(N(CC(=O)N/N=C\c2ccc(N(C)C)c(Br)c2)S(C)(=O)=O)c1. The summed E-state index contributed by atoms with van der Waals surface area (Å²) in [5, 5.41) is 3.95. The topological polar surface area (TPSA) is 82.1 Å². The number of nitrogens with zero attached hydrogens (tertiary/aromatic N) is 3. The number of carbonyl (C=O) groups excluding carboxylic acids is 1. The van der Waals surface area contributed by atoms with E-state index in [-0.39, 0.29) is 6.54 Å². The zero-order chi connectivity index (χ0) is 21.8. The highest BCUT2D eigenvalue weighted by molar-refractivity contribution is 9.10. The summed E-state index contributed by atoms with van der Waals surface area (Å²) in [6.07, 6.45) is 2.58. The maximum Gasteiger partial charge on any atom is 0.260 e. The van der Waals surface area contributed by atoms with E-state index in [0.717, 1.165) is 37.4 Å². The molecule has 0 aliphatic rings. The summed E-state index contributed by atoms with van der Waals surface area (Å²) in [5.41, 5.74) is 6.35. The van der Waals surface area contributed by atoms with Crippen LogP contribution in [0, 0.1) is 13.8 Å². The molecule has 0 bridgehead atoms. The van der Waals surface area contributed by atoms with Gasteiger partial charge >= 0.3 is 0 Å². The van der Waals surface area contributed by atoms with E-state index in [9.17, 15) is 13.2 Å². The fraction of sp³-hybridized carbons (Fsp3) is 0.300. The second-order valence-electron chi connectivity index (χ2n) is 6.96. The number of nitrogens with one attached hydrogen (secondary N) is 1. The molecular formula is C20H25BrN4O3S. The molecule has 1 N–H and O–H groups in total. The number of benzene rings is 2. The standard InChI is InChI=1S/C20H25BrN4O3S/c1-14-6-7-15(2)19(10-14)25(29(5,27)28)13-20(26)23-22-12-16-8-9-18(24(3)4)17(21)11-16/h6-12H,13H2,1-5H3,(H,23,26)/b22-12-. The first-order valence-electron chi connectivity index (χ1n) is 8.83. The Morgan fingerprint density at radius 3 is 2.41 bits per heavy atom. The highest BCUT2D eigenvalue weighted by atomic mass is 79.9. The number of rotatable bonds is 7. The highest BCUT2D eigenvalue weighted by Crippen LogP contribution is 2.25. The van der Waals surface area contributed by atoms with Gasteiger partial charge in [0.05, 0.1) is 23.8 Å². The predicted molar refractivity (Wildman–Crippen MR) is 122 cm³/mol. The molecule has 1 amide bonds. The molecule has 156 valence electrons. The van der Waals surface area contributed by atoms with Gasteiger partial charge in [-0.25, -0.2) is 13.8 Å². The van der Waals surface area contributed by atoms with Gasteiger partial charge in [0.1, 0.15) is 6.54 Å². The van der Waals surface area contributed by atoms with Crippen molar-refractivity contribution in [2.75, 3.05) is 36.1 Å². The number of aryl methyl sites for hydroxylation is 2. The highest BCUT2D eigenvalue weighted by Gasteiger charge is 2.22. The van der Waals surface area contributed by atoms with E-state index in [0.29, 0.717) is 5.69 Å². The van der Waals surface area contributed by atoms with Crippen molar-refractivity contribution in [3.8, 4) is 0 Å². The summed E-state index contributed by atoms with van der Waals surface area (Å²) in [4.78, 5) is 14.3. The molecule has 0 fully saturated rings. The second-order valence-corrected chi connectivity index (χ2v) is 9.72. The Morgan fingerprint density at radius 2 is 1.83 bits per heavy atom. The van der Waals surface area contributed by atoms with Gasteiger partial charge in [-0.3, -0.25) is 9.10 Å². The Kier molecular flexibility index (Phi) is 7.43. The van der Waals surface area contributed by atoms with Crippen LogP contribution in [0.5, 0.6) is 0 Å². The van der Waals surface area contributed by atoms with Crippen LogP contribution in [0.25, 0.3) is 0 Å². The van der Waals surface area contributed by atoms with Crippen molar-refractivity contribution in [2.24, 2.45) is 5.10 Å². The Morgan fingerprint density at radius 1 is 1.14 bits per heavy atom. The molecule has 7 nitrogen and oxygen atoms in total. The summed E-state index contributed by atoms with van der Waals surface area (Å²) in [7, 11) is 0.246. The average Bonchev–Trinajstić information content (AvgIpc) is 2.61. The van der Waals surface area contributed by atoms with Crippen LogP contribution in [-0.4, -0.2) is 47.4 Å². The second kappa shape index (κ2) is 9.41. The van der Waals surface area contributed by atoms with Gasteiger partial charge in [0.15, 0.2) is 0 Å². The van der Waals surface area contributed by atoms with Crippen LogP contribution in [0.2, 0.25) is 0 Å². The van der Waals surface area contributed by atoms with E-state index in [4.69, 9.17) is 0 Å². The summed E-state index contributed by atoms with van der Waals surface area (Å²) in [6.45, 7) is 3.31. The van der Waals surface area contributed by atoms with E-state index in [1.54, 1.807) is 13.0 Å². The third kappa shape index (κ3) is 6.30. The fourth-order valence-electron chi connectivity index (χ4n) is 2.68. The Bertz CT molecular complexity index is 1040. The number of carbonyl (C=O) groups is 1. The number of sulfonamides is 1. The maximum absolute atomic E-state index is 12.3. The third-order valence-corrected chi connectivity index (χ3v) is 5.94. The molecule has 0 heterocycles. The lowest BCUT2D eigenvalue weighted by Gasteiger charge is -2.23. The minimum atomic E-state index is -3.64. The van der Waals surface area contributed by atoms with Crippen LogP contribution in [0.4, 0.5) is 11.4 Å². The van der Waals surface area contributed by atoms with Gasteiger partial charge in [-0.1, -0.05) is 18.2 Å². The minimum Gasteiger partial charge on any atom is -0.377 e. The summed E-state index contributed by atoms with van der Waals surface area (Å²) in [6, 6.07) is 11.1. The van der Waals surface area contributed by atoms with Crippen LogP contribution in [-0.2, 0) is 14.8 Å². The Balaban J connectivity index is 2.12. The van der Waals surface area contributed by atoms with Crippen molar-refractivity contribution in [3.05, 3.63) is 57.6 Å². The predicted octanol–water partition coefficient (Wildman–Crippen LogP) is 3.05. The molecule has 0 spiro atoms. The van der Waals surface area contributed by atoms with E-state index >= 15 is 0 Å². The molecule has 2 rings (SSSR count). The molecule has 0 aromatic heterocycles. The lowest BCUT2D eigenvalue weighted by atomic mass is 10.1.